The third-order valence-corrected chi connectivity index (χ3v) is 8.69. The van der Waals surface area contributed by atoms with Gasteiger partial charge in [-0.25, -0.2) is 0 Å². The van der Waals surface area contributed by atoms with Crippen LogP contribution < -0.4 is 0 Å². The van der Waals surface area contributed by atoms with Crippen molar-refractivity contribution in [2.45, 2.75) is 116 Å². The van der Waals surface area contributed by atoms with Gasteiger partial charge in [0.25, 0.3) is 0 Å². The first kappa shape index (κ1) is 24.7. The van der Waals surface area contributed by atoms with E-state index in [1.807, 2.05) is 20.8 Å². The summed E-state index contributed by atoms with van der Waals surface area (Å²) in [7, 11) is 0. The van der Waals surface area contributed by atoms with Crippen molar-refractivity contribution in [1.29, 1.82) is 0 Å². The van der Waals surface area contributed by atoms with Crippen LogP contribution in [0.1, 0.15) is 98.8 Å². The first-order chi connectivity index (χ1) is 14.3. The van der Waals surface area contributed by atoms with Crippen molar-refractivity contribution in [3.05, 3.63) is 35.5 Å². The molecule has 0 heterocycles. The molecule has 176 valence electrons. The highest BCUT2D eigenvalue weighted by atomic mass is 16.3. The number of allylic oxidation sites excluding steroid dienone is 3. The first-order valence-electron chi connectivity index (χ1n) is 12.5. The molecule has 3 fully saturated rings. The van der Waals surface area contributed by atoms with Gasteiger partial charge in [-0.3, -0.25) is 0 Å². The minimum atomic E-state index is -0.858. The van der Waals surface area contributed by atoms with Gasteiger partial charge in [-0.05, 0) is 93.6 Å². The normalized spacial score (nSPS) is 40.4. The Morgan fingerprint density at radius 3 is 2.61 bits per heavy atom. The maximum Gasteiger partial charge on any atom is 0.0814 e. The molecular formula is C28H46O3. The molecule has 3 aliphatic carbocycles. The van der Waals surface area contributed by atoms with Gasteiger partial charge in [0.2, 0.25) is 0 Å². The minimum Gasteiger partial charge on any atom is -0.390 e. The molecule has 3 aliphatic rings. The zero-order valence-corrected chi connectivity index (χ0v) is 20.6. The standard InChI is InChI=1S/C28H46O3/c1-19(9-7-15-26(3,4)30)23-13-14-24-21(10-8-16-28(23,24)6)11-12-22-17-27(5,31)18-25(29)20(22)2/h11-12,19,23-25,29-31H,2,7-10,13-18H2,1,3-6H3/t19-,23+,24?,25-,27+,28+/m0/s1. The highest BCUT2D eigenvalue weighted by Crippen LogP contribution is 2.60. The number of hydrogen-bond donors (Lipinski definition) is 3. The second kappa shape index (κ2) is 9.15. The Morgan fingerprint density at radius 2 is 1.94 bits per heavy atom. The topological polar surface area (TPSA) is 60.7 Å². The fraction of sp³-hybridized carbons (Fsp3) is 0.786. The van der Waals surface area contributed by atoms with Crippen molar-refractivity contribution in [2.24, 2.45) is 23.2 Å². The van der Waals surface area contributed by atoms with Crippen LogP contribution in [0.2, 0.25) is 0 Å². The summed E-state index contributed by atoms with van der Waals surface area (Å²) in [5.41, 5.74) is 2.27. The van der Waals surface area contributed by atoms with E-state index < -0.39 is 17.3 Å². The Balaban J connectivity index is 1.72. The Bertz CT molecular complexity index is 723. The van der Waals surface area contributed by atoms with Crippen molar-refractivity contribution >= 4 is 0 Å². The Labute approximate surface area is 190 Å². The van der Waals surface area contributed by atoms with Crippen LogP contribution in [0.15, 0.2) is 35.5 Å². The minimum absolute atomic E-state index is 0.366. The third-order valence-electron chi connectivity index (χ3n) is 8.69. The summed E-state index contributed by atoms with van der Waals surface area (Å²) in [5, 5.41) is 30.8. The van der Waals surface area contributed by atoms with Crippen molar-refractivity contribution in [2.75, 3.05) is 0 Å². The van der Waals surface area contributed by atoms with E-state index in [0.717, 1.165) is 36.3 Å². The molecule has 6 atom stereocenters. The summed E-state index contributed by atoms with van der Waals surface area (Å²) in [5.74, 6) is 2.09. The van der Waals surface area contributed by atoms with Gasteiger partial charge in [0.1, 0.15) is 0 Å². The van der Waals surface area contributed by atoms with Gasteiger partial charge in [-0.1, -0.05) is 51.0 Å². The fourth-order valence-corrected chi connectivity index (χ4v) is 7.00. The van der Waals surface area contributed by atoms with Gasteiger partial charge in [-0.15, -0.1) is 0 Å². The molecule has 0 aromatic heterocycles. The van der Waals surface area contributed by atoms with Crippen molar-refractivity contribution in [3.8, 4) is 0 Å². The number of aliphatic hydroxyl groups excluding tert-OH is 1. The summed E-state index contributed by atoms with van der Waals surface area (Å²) in [6.45, 7) is 14.7. The zero-order chi connectivity index (χ0) is 23.0. The molecule has 0 bridgehead atoms. The van der Waals surface area contributed by atoms with Gasteiger partial charge in [0, 0.05) is 12.8 Å². The first-order valence-corrected chi connectivity index (χ1v) is 12.5. The molecule has 3 N–H and O–H groups in total. The number of hydrogen-bond acceptors (Lipinski definition) is 3. The quantitative estimate of drug-likeness (QED) is 0.477. The van der Waals surface area contributed by atoms with Gasteiger partial charge in [0.05, 0.1) is 17.3 Å². The van der Waals surface area contributed by atoms with Crippen LogP contribution in [-0.4, -0.2) is 32.6 Å². The van der Waals surface area contributed by atoms with Crippen molar-refractivity contribution in [3.63, 3.8) is 0 Å². The van der Waals surface area contributed by atoms with E-state index in [9.17, 15) is 15.3 Å². The highest BCUT2D eigenvalue weighted by Gasteiger charge is 2.50. The highest BCUT2D eigenvalue weighted by molar-refractivity contribution is 5.39. The molecule has 3 rings (SSSR count). The van der Waals surface area contributed by atoms with Crippen molar-refractivity contribution in [1.82, 2.24) is 0 Å². The lowest BCUT2D eigenvalue weighted by molar-refractivity contribution is 0.00361. The molecule has 3 heteroatoms. The second-order valence-electron chi connectivity index (χ2n) is 12.1. The molecule has 1 unspecified atom stereocenters. The number of aliphatic hydroxyl groups is 3. The van der Waals surface area contributed by atoms with Crippen LogP contribution in [0.5, 0.6) is 0 Å². The molecule has 0 aliphatic heterocycles. The molecule has 0 radical (unpaired) electrons. The van der Waals surface area contributed by atoms with Gasteiger partial charge in [-0.2, -0.15) is 0 Å². The molecule has 0 aromatic carbocycles. The van der Waals surface area contributed by atoms with Gasteiger partial charge < -0.3 is 15.3 Å². The molecule has 31 heavy (non-hydrogen) atoms. The molecular weight excluding hydrogens is 384 g/mol. The molecule has 3 nitrogen and oxygen atoms in total. The lowest BCUT2D eigenvalue weighted by Crippen LogP contribution is -2.37. The predicted octanol–water partition coefficient (Wildman–Crippen LogP) is 6.09. The van der Waals surface area contributed by atoms with Crippen LogP contribution in [0.4, 0.5) is 0 Å². The van der Waals surface area contributed by atoms with Gasteiger partial charge in [0.15, 0.2) is 0 Å². The van der Waals surface area contributed by atoms with E-state index in [-0.39, 0.29) is 0 Å². The van der Waals surface area contributed by atoms with Gasteiger partial charge >= 0.3 is 0 Å². The lowest BCUT2D eigenvalue weighted by atomic mass is 9.60. The number of rotatable bonds is 6. The average molecular weight is 431 g/mol. The fourth-order valence-electron chi connectivity index (χ4n) is 7.00. The van der Waals surface area contributed by atoms with Crippen LogP contribution in [0, 0.1) is 23.2 Å². The lowest BCUT2D eigenvalue weighted by Gasteiger charge is -2.44. The second-order valence-corrected chi connectivity index (χ2v) is 12.1. The Kier molecular flexibility index (Phi) is 7.30. The third kappa shape index (κ3) is 5.72. The van der Waals surface area contributed by atoms with E-state index in [2.05, 4.69) is 32.6 Å². The van der Waals surface area contributed by atoms with Crippen LogP contribution in [0.25, 0.3) is 0 Å². The average Bonchev–Trinajstić information content (AvgIpc) is 2.99. The van der Waals surface area contributed by atoms with Crippen molar-refractivity contribution < 1.29 is 15.3 Å². The molecule has 3 saturated carbocycles. The monoisotopic (exact) mass is 430 g/mol. The summed E-state index contributed by atoms with van der Waals surface area (Å²) in [4.78, 5) is 0. The summed E-state index contributed by atoms with van der Waals surface area (Å²) < 4.78 is 0. The van der Waals surface area contributed by atoms with Crippen LogP contribution in [-0.2, 0) is 0 Å². The van der Waals surface area contributed by atoms with Crippen LogP contribution >= 0.6 is 0 Å². The zero-order valence-electron chi connectivity index (χ0n) is 20.6. The molecule has 0 aromatic rings. The van der Waals surface area contributed by atoms with E-state index >= 15 is 0 Å². The van der Waals surface area contributed by atoms with Crippen LogP contribution in [0.3, 0.4) is 0 Å². The number of fused-ring (bicyclic) bond motifs is 1. The summed E-state index contributed by atoms with van der Waals surface area (Å²) in [6.07, 6.45) is 14.2. The smallest absolute Gasteiger partial charge is 0.0814 e. The van der Waals surface area contributed by atoms with E-state index in [4.69, 9.17) is 0 Å². The van der Waals surface area contributed by atoms with E-state index in [1.54, 1.807) is 5.57 Å². The van der Waals surface area contributed by atoms with E-state index in [1.165, 1.54) is 32.1 Å². The Hall–Kier alpha value is -0.900. The summed E-state index contributed by atoms with van der Waals surface area (Å²) >= 11 is 0. The van der Waals surface area contributed by atoms with E-state index in [0.29, 0.717) is 30.1 Å². The Morgan fingerprint density at radius 1 is 1.23 bits per heavy atom. The summed E-state index contributed by atoms with van der Waals surface area (Å²) in [6, 6.07) is 0. The largest absolute Gasteiger partial charge is 0.390 e. The maximum atomic E-state index is 10.5. The SMILES string of the molecule is C=C1C(=CC=C2CCC[C@@]3(C)C2CC[C@@H]3[C@@H](C)CCCC(C)(C)O)C[C@@](C)(O)C[C@@H]1O. The maximum absolute atomic E-state index is 10.5. The predicted molar refractivity (Wildman–Crippen MR) is 129 cm³/mol. The molecule has 0 amide bonds. The molecule has 0 saturated heterocycles. The molecule has 0 spiro atoms.